The van der Waals surface area contributed by atoms with E-state index in [-0.39, 0.29) is 5.82 Å². The van der Waals surface area contributed by atoms with Crippen molar-refractivity contribution >= 4 is 12.6 Å². The number of hydrogen-bond acceptors (Lipinski definition) is 2. The molecule has 0 heterocycles. The minimum Gasteiger partial charge on any atom is -0.317 e. The van der Waals surface area contributed by atoms with Crippen LogP contribution >= 0.6 is 12.6 Å². The van der Waals surface area contributed by atoms with Crippen molar-refractivity contribution in [3.05, 3.63) is 35.1 Å². The largest absolute Gasteiger partial charge is 0.317 e. The molecule has 180 valence electrons. The van der Waals surface area contributed by atoms with Gasteiger partial charge >= 0.3 is 0 Å². The Morgan fingerprint density at radius 1 is 0.812 bits per heavy atom. The Balaban J connectivity index is 1.25. The summed E-state index contributed by atoms with van der Waals surface area (Å²) in [5.41, 5.74) is 2.27. The summed E-state index contributed by atoms with van der Waals surface area (Å²) in [7, 11) is 2.10. The molecule has 3 aliphatic rings. The molecular formula is C29H46FNS. The van der Waals surface area contributed by atoms with Crippen molar-refractivity contribution in [1.82, 2.24) is 5.32 Å². The first-order valence-corrected chi connectivity index (χ1v) is 14.4. The van der Waals surface area contributed by atoms with E-state index < -0.39 is 0 Å². The number of unbranched alkanes of at least 4 members (excludes halogenated alkanes) is 1. The van der Waals surface area contributed by atoms with Gasteiger partial charge in [-0.05, 0) is 143 Å². The molecule has 3 aliphatic carbocycles. The normalized spacial score (nSPS) is 33.8. The summed E-state index contributed by atoms with van der Waals surface area (Å²) in [6, 6.07) is 7.08. The summed E-state index contributed by atoms with van der Waals surface area (Å²) >= 11 is 4.33. The van der Waals surface area contributed by atoms with Gasteiger partial charge in [-0.15, -0.1) is 0 Å². The van der Waals surface area contributed by atoms with Gasteiger partial charge in [0.1, 0.15) is 5.82 Å². The van der Waals surface area contributed by atoms with Crippen LogP contribution in [-0.4, -0.2) is 18.8 Å². The van der Waals surface area contributed by atoms with Crippen LogP contribution in [0.3, 0.4) is 0 Å². The molecule has 1 aromatic carbocycles. The van der Waals surface area contributed by atoms with E-state index in [9.17, 15) is 0 Å². The molecule has 0 amide bonds. The standard InChI is InChI=1S/C29H46FNS/c1-31-27-16-13-23(14-17-27)22-9-11-25(12-10-22)28-18-15-26(20-29(28)30)24-7-5-21(6-8-24)4-2-3-19-32/h15,18,20-25,27,31-32H,2-14,16-17,19H2,1H3. The second kappa shape index (κ2) is 12.2. The molecule has 0 spiro atoms. The maximum Gasteiger partial charge on any atom is 0.126 e. The van der Waals surface area contributed by atoms with Crippen LogP contribution in [0.15, 0.2) is 18.2 Å². The van der Waals surface area contributed by atoms with Gasteiger partial charge in [0.15, 0.2) is 0 Å². The zero-order chi connectivity index (χ0) is 22.3. The third-order valence-corrected chi connectivity index (χ3v) is 9.74. The average Bonchev–Trinajstić information content (AvgIpc) is 2.85. The summed E-state index contributed by atoms with van der Waals surface area (Å²) in [4.78, 5) is 0. The Bertz CT molecular complexity index is 682. The first-order valence-electron chi connectivity index (χ1n) is 13.7. The van der Waals surface area contributed by atoms with Crippen LogP contribution in [0.4, 0.5) is 4.39 Å². The van der Waals surface area contributed by atoms with Crippen molar-refractivity contribution in [2.24, 2.45) is 17.8 Å². The van der Waals surface area contributed by atoms with Crippen LogP contribution in [0, 0.1) is 23.6 Å². The van der Waals surface area contributed by atoms with E-state index in [0.29, 0.717) is 11.8 Å². The van der Waals surface area contributed by atoms with Gasteiger partial charge in [0.2, 0.25) is 0 Å². The number of hydrogen-bond donors (Lipinski definition) is 2. The van der Waals surface area contributed by atoms with E-state index in [1.54, 1.807) is 0 Å². The maximum atomic E-state index is 15.2. The van der Waals surface area contributed by atoms with Crippen LogP contribution in [0.25, 0.3) is 0 Å². The quantitative estimate of drug-likeness (QED) is 0.294. The molecule has 4 rings (SSSR count). The van der Waals surface area contributed by atoms with Gasteiger partial charge in [-0.3, -0.25) is 0 Å². The number of rotatable bonds is 8. The maximum absolute atomic E-state index is 15.2. The van der Waals surface area contributed by atoms with E-state index in [1.807, 2.05) is 6.07 Å². The van der Waals surface area contributed by atoms with Crippen LogP contribution < -0.4 is 5.32 Å². The Kier molecular flexibility index (Phi) is 9.41. The Labute approximate surface area is 202 Å². The fraction of sp³-hybridized carbons (Fsp3) is 0.793. The van der Waals surface area contributed by atoms with Gasteiger partial charge in [-0.2, -0.15) is 12.6 Å². The SMILES string of the molecule is CNC1CCC(C2CCC(c3ccc(C4CCC(CCCCS)CC4)cc3F)CC2)CC1. The molecule has 1 nitrogen and oxygen atoms in total. The molecule has 0 bridgehead atoms. The van der Waals surface area contributed by atoms with Crippen molar-refractivity contribution in [2.45, 2.75) is 114 Å². The van der Waals surface area contributed by atoms with Crippen LogP contribution in [-0.2, 0) is 0 Å². The molecule has 0 aromatic heterocycles. The van der Waals surface area contributed by atoms with E-state index >= 15 is 4.39 Å². The van der Waals surface area contributed by atoms with Crippen LogP contribution in [0.5, 0.6) is 0 Å². The summed E-state index contributed by atoms with van der Waals surface area (Å²) in [6.07, 6.45) is 19.5. The lowest BCUT2D eigenvalue weighted by atomic mass is 9.69. The number of nitrogens with one attached hydrogen (secondary N) is 1. The first-order chi connectivity index (χ1) is 15.7. The molecule has 1 N–H and O–H groups in total. The van der Waals surface area contributed by atoms with Crippen molar-refractivity contribution in [2.75, 3.05) is 12.8 Å². The Morgan fingerprint density at radius 3 is 2.03 bits per heavy atom. The van der Waals surface area contributed by atoms with Crippen molar-refractivity contribution in [3.63, 3.8) is 0 Å². The molecule has 3 saturated carbocycles. The number of benzene rings is 1. The molecule has 0 unspecified atom stereocenters. The lowest BCUT2D eigenvalue weighted by molar-refractivity contribution is 0.170. The monoisotopic (exact) mass is 459 g/mol. The third kappa shape index (κ3) is 6.32. The molecule has 32 heavy (non-hydrogen) atoms. The van der Waals surface area contributed by atoms with E-state index in [1.165, 1.54) is 102 Å². The first kappa shape index (κ1) is 24.6. The van der Waals surface area contributed by atoms with E-state index in [0.717, 1.165) is 35.1 Å². The van der Waals surface area contributed by atoms with Gasteiger partial charge in [-0.25, -0.2) is 4.39 Å². The number of thiol groups is 1. The molecule has 0 saturated heterocycles. The Hall–Kier alpha value is -0.540. The highest BCUT2D eigenvalue weighted by molar-refractivity contribution is 7.80. The Morgan fingerprint density at radius 2 is 1.44 bits per heavy atom. The topological polar surface area (TPSA) is 12.0 Å². The lowest BCUT2D eigenvalue weighted by Crippen LogP contribution is -2.33. The van der Waals surface area contributed by atoms with Gasteiger partial charge in [0, 0.05) is 6.04 Å². The third-order valence-electron chi connectivity index (χ3n) is 9.42. The lowest BCUT2D eigenvalue weighted by Gasteiger charge is -2.38. The van der Waals surface area contributed by atoms with Crippen LogP contribution in [0.1, 0.15) is 119 Å². The van der Waals surface area contributed by atoms with Crippen molar-refractivity contribution < 1.29 is 4.39 Å². The minimum absolute atomic E-state index is 0.0800. The number of halogens is 1. The molecule has 1 aromatic rings. The highest BCUT2D eigenvalue weighted by Gasteiger charge is 2.32. The van der Waals surface area contributed by atoms with Gasteiger partial charge < -0.3 is 5.32 Å². The smallest absolute Gasteiger partial charge is 0.126 e. The van der Waals surface area contributed by atoms with Gasteiger partial charge in [0.05, 0.1) is 0 Å². The second-order valence-electron chi connectivity index (χ2n) is 11.2. The highest BCUT2D eigenvalue weighted by atomic mass is 32.1. The average molecular weight is 460 g/mol. The summed E-state index contributed by atoms with van der Waals surface area (Å²) < 4.78 is 15.2. The van der Waals surface area contributed by atoms with Crippen molar-refractivity contribution in [1.29, 1.82) is 0 Å². The molecule has 3 heteroatoms. The minimum atomic E-state index is 0.0800. The summed E-state index contributed by atoms with van der Waals surface area (Å²) in [6.45, 7) is 0. The molecular weight excluding hydrogens is 413 g/mol. The van der Waals surface area contributed by atoms with Crippen LogP contribution in [0.2, 0.25) is 0 Å². The van der Waals surface area contributed by atoms with Gasteiger partial charge in [0.25, 0.3) is 0 Å². The highest BCUT2D eigenvalue weighted by Crippen LogP contribution is 2.44. The predicted molar refractivity (Wildman–Crippen MR) is 138 cm³/mol. The fourth-order valence-electron chi connectivity index (χ4n) is 7.24. The molecule has 0 atom stereocenters. The summed E-state index contributed by atoms with van der Waals surface area (Å²) in [5.74, 6) is 4.80. The summed E-state index contributed by atoms with van der Waals surface area (Å²) in [5, 5.41) is 3.46. The zero-order valence-corrected chi connectivity index (χ0v) is 21.2. The van der Waals surface area contributed by atoms with E-state index in [4.69, 9.17) is 0 Å². The predicted octanol–water partition coefficient (Wildman–Crippen LogP) is 8.25. The molecule has 3 fully saturated rings. The van der Waals surface area contributed by atoms with Gasteiger partial charge in [-0.1, -0.05) is 25.0 Å². The zero-order valence-electron chi connectivity index (χ0n) is 20.3. The fourth-order valence-corrected chi connectivity index (χ4v) is 7.46. The molecule has 0 aliphatic heterocycles. The van der Waals surface area contributed by atoms with Crippen molar-refractivity contribution in [3.8, 4) is 0 Å². The van der Waals surface area contributed by atoms with E-state index in [2.05, 4.69) is 37.1 Å². The molecule has 0 radical (unpaired) electrons. The second-order valence-corrected chi connectivity index (χ2v) is 11.7.